The lowest BCUT2D eigenvalue weighted by molar-refractivity contribution is -0.136. The number of hydrogen-bond donors (Lipinski definition) is 1. The lowest BCUT2D eigenvalue weighted by Crippen LogP contribution is -2.41. The number of aromatic nitrogens is 2. The smallest absolute Gasteiger partial charge is 0.229 e. The maximum atomic E-state index is 11.9. The molecule has 702 valence electrons. The molecule has 9 rings (SSSR count). The molecule has 2 heterocycles. The Labute approximate surface area is 746 Å². The second kappa shape index (κ2) is 79.3. The summed E-state index contributed by atoms with van der Waals surface area (Å²) in [5.74, 6) is 14.9. The van der Waals surface area contributed by atoms with E-state index in [4.69, 9.17) is 5.73 Å². The number of amides is 3. The van der Waals surface area contributed by atoms with Crippen LogP contribution in [0.15, 0.2) is 84.7 Å². The van der Waals surface area contributed by atoms with Crippen molar-refractivity contribution in [1.82, 2.24) is 24.3 Å². The van der Waals surface area contributed by atoms with Crippen molar-refractivity contribution in [3.8, 4) is 0 Å². The minimum absolute atomic E-state index is 0.00926. The SMILES string of the molecule is CC(C)C.CC(C)C(=O)C1=CCC1.CC(C)C(=O)N(C)c1ccccc1.CC(C)C(C)C.CC(C)C(N)=O.CC(C)C1CC1.CC(C)C1CCCC1.CC(C)CC(C)C.CC(C)CC1CC1.CC(C)Cc1ccccc1.CC(C)N(C)C.CC(C)N(C)C(=O)C1CCCCC1.CC(C)N1CCC1.CC(C)c1nccn1C.CCC.CCC(C)C. The molecule has 3 amide bonds. The summed E-state index contributed by atoms with van der Waals surface area (Å²) >= 11 is 0. The van der Waals surface area contributed by atoms with E-state index in [0.29, 0.717) is 35.6 Å². The zero-order chi connectivity index (χ0) is 93.8. The summed E-state index contributed by atoms with van der Waals surface area (Å²) in [5.41, 5.74) is 8.23. The van der Waals surface area contributed by atoms with Crippen molar-refractivity contribution in [1.29, 1.82) is 0 Å². The largest absolute Gasteiger partial charge is 0.369 e. The fourth-order valence-electron chi connectivity index (χ4n) is 11.2. The van der Waals surface area contributed by atoms with Gasteiger partial charge in [0.1, 0.15) is 5.82 Å². The van der Waals surface area contributed by atoms with Crippen LogP contribution in [0.5, 0.6) is 0 Å². The second-order valence-electron chi connectivity index (χ2n) is 41.0. The maximum Gasteiger partial charge on any atom is 0.229 e. The molecule has 0 unspecified atom stereocenters. The van der Waals surface area contributed by atoms with E-state index >= 15 is 0 Å². The number of para-hydroxylation sites is 1. The fraction of sp³-hybridized carbons (Fsp3) is 0.806. The molecular weight excluding hydrogens is 1460 g/mol. The summed E-state index contributed by atoms with van der Waals surface area (Å²) in [5, 5.41) is 0. The number of rotatable bonds is 20. The van der Waals surface area contributed by atoms with Gasteiger partial charge in [0.05, 0.1) is 0 Å². The Bertz CT molecular complexity index is 2670. The number of Topliss-reactive ketones (excluding diaryl/α,β-unsaturated/α-hetero) is 1. The number of hydrogen-bond acceptors (Lipinski definition) is 7. The number of allylic oxidation sites excluding steroid dienone is 2. The van der Waals surface area contributed by atoms with Crippen molar-refractivity contribution in [2.24, 2.45) is 113 Å². The quantitative estimate of drug-likeness (QED) is 0.119. The Morgan fingerprint density at radius 1 is 0.496 bits per heavy atom. The normalized spacial score (nSPS) is 14.5. The van der Waals surface area contributed by atoms with E-state index in [1.165, 1.54) is 128 Å². The molecule has 11 heteroatoms. The third-order valence-corrected chi connectivity index (χ3v) is 21.3. The minimum Gasteiger partial charge on any atom is -0.369 e. The maximum absolute atomic E-state index is 11.9. The van der Waals surface area contributed by atoms with E-state index in [1.54, 1.807) is 25.8 Å². The van der Waals surface area contributed by atoms with Crippen molar-refractivity contribution >= 4 is 29.2 Å². The average molecular weight is 1670 g/mol. The molecule has 6 aliphatic rings. The number of carbonyl (C=O) groups excluding carboxylic acids is 4. The number of primary amides is 1. The molecule has 119 heavy (non-hydrogen) atoms. The molecule has 0 spiro atoms. The van der Waals surface area contributed by atoms with Crippen molar-refractivity contribution in [2.75, 3.05) is 46.2 Å². The van der Waals surface area contributed by atoms with Crippen LogP contribution in [-0.4, -0.2) is 107 Å². The van der Waals surface area contributed by atoms with Gasteiger partial charge in [-0.05, 0) is 233 Å². The molecule has 2 N–H and O–H groups in total. The molecule has 0 radical (unpaired) electrons. The molecule has 1 saturated heterocycles. The Hall–Kier alpha value is -4.61. The van der Waals surface area contributed by atoms with Gasteiger partial charge in [0.2, 0.25) is 17.7 Å². The summed E-state index contributed by atoms with van der Waals surface area (Å²) in [6.45, 7) is 84.9. The Balaban J connectivity index is -0.000000227. The number of benzene rings is 2. The summed E-state index contributed by atoms with van der Waals surface area (Å²) in [7, 11) is 9.89. The van der Waals surface area contributed by atoms with Crippen molar-refractivity contribution in [3.05, 3.63) is 96.1 Å². The average Bonchev–Trinajstić information content (AvgIpc) is 1.89. The van der Waals surface area contributed by atoms with Gasteiger partial charge in [-0.25, -0.2) is 4.98 Å². The van der Waals surface area contributed by atoms with E-state index in [-0.39, 0.29) is 29.6 Å². The number of carbonyl (C=O) groups is 4. The highest BCUT2D eigenvalue weighted by Gasteiger charge is 2.26. The number of anilines is 1. The first-order valence-electron chi connectivity index (χ1n) is 48.7. The second-order valence-corrected chi connectivity index (χ2v) is 41.0. The Morgan fingerprint density at radius 2 is 0.891 bits per heavy atom. The van der Waals surface area contributed by atoms with Crippen LogP contribution in [0.3, 0.4) is 0 Å². The number of nitrogens with two attached hydrogens (primary N) is 1. The van der Waals surface area contributed by atoms with E-state index in [2.05, 4.69) is 281 Å². The third kappa shape index (κ3) is 85.4. The molecule has 1 aliphatic heterocycles. The first kappa shape index (κ1) is 128. The summed E-state index contributed by atoms with van der Waals surface area (Å²) in [6.07, 6.45) is 33.9. The highest BCUT2D eigenvalue weighted by Crippen LogP contribution is 2.36. The van der Waals surface area contributed by atoms with Crippen LogP contribution < -0.4 is 10.6 Å². The Morgan fingerprint density at radius 3 is 1.08 bits per heavy atom. The van der Waals surface area contributed by atoms with E-state index < -0.39 is 0 Å². The molecule has 11 nitrogen and oxygen atoms in total. The highest BCUT2D eigenvalue weighted by atomic mass is 16.2. The summed E-state index contributed by atoms with van der Waals surface area (Å²) in [6, 6.07) is 22.1. The van der Waals surface area contributed by atoms with Gasteiger partial charge in [0.15, 0.2) is 5.78 Å². The van der Waals surface area contributed by atoms with E-state index in [1.807, 2.05) is 100 Å². The van der Waals surface area contributed by atoms with E-state index in [9.17, 15) is 19.2 Å². The highest BCUT2D eigenvalue weighted by molar-refractivity contribution is 5.97. The van der Waals surface area contributed by atoms with Crippen LogP contribution in [0.1, 0.15) is 409 Å². The van der Waals surface area contributed by atoms with Crippen molar-refractivity contribution in [3.63, 3.8) is 0 Å². The van der Waals surface area contributed by atoms with Crippen LogP contribution >= 0.6 is 0 Å². The molecule has 4 saturated carbocycles. The number of nitrogens with zero attached hydrogens (tertiary/aromatic N) is 6. The van der Waals surface area contributed by atoms with Crippen molar-refractivity contribution in [2.45, 2.75) is 422 Å². The van der Waals surface area contributed by atoms with Gasteiger partial charge in [-0.2, -0.15) is 0 Å². The predicted molar refractivity (Wildman–Crippen MR) is 535 cm³/mol. The molecule has 5 aliphatic carbocycles. The topological polar surface area (TPSA) is 125 Å². The fourth-order valence-corrected chi connectivity index (χ4v) is 11.2. The van der Waals surface area contributed by atoms with Gasteiger partial charge >= 0.3 is 0 Å². The first-order valence-corrected chi connectivity index (χ1v) is 48.7. The van der Waals surface area contributed by atoms with Crippen LogP contribution in [-0.2, 0) is 32.6 Å². The van der Waals surface area contributed by atoms with Crippen LogP contribution in [0.25, 0.3) is 0 Å². The number of likely N-dealkylation sites (tertiary alicyclic amines) is 1. The summed E-state index contributed by atoms with van der Waals surface area (Å²) < 4.78 is 2.05. The lowest BCUT2D eigenvalue weighted by Gasteiger charge is -2.34. The molecule has 0 atom stereocenters. The van der Waals surface area contributed by atoms with E-state index in [0.717, 1.165) is 126 Å². The van der Waals surface area contributed by atoms with Crippen molar-refractivity contribution < 1.29 is 19.2 Å². The molecule has 5 fully saturated rings. The molecule has 2 aromatic carbocycles. The molecule has 0 bridgehead atoms. The van der Waals surface area contributed by atoms with Gasteiger partial charge in [-0.3, -0.25) is 19.2 Å². The molecular formula is C108H211N7O4. The lowest BCUT2D eigenvalue weighted by atomic mass is 9.88. The first-order chi connectivity index (χ1) is 55.1. The van der Waals surface area contributed by atoms with Gasteiger partial charge in [0, 0.05) is 86.9 Å². The summed E-state index contributed by atoms with van der Waals surface area (Å²) in [4.78, 5) is 56.8. The van der Waals surface area contributed by atoms with Crippen LogP contribution in [0, 0.1) is 101 Å². The Kier molecular flexibility index (Phi) is 85.0. The number of ketones is 1. The monoisotopic (exact) mass is 1670 g/mol. The van der Waals surface area contributed by atoms with Crippen LogP contribution in [0.4, 0.5) is 5.69 Å². The van der Waals surface area contributed by atoms with Gasteiger partial charge in [-0.1, -0.05) is 347 Å². The van der Waals surface area contributed by atoms with Crippen LogP contribution in [0.2, 0.25) is 0 Å². The van der Waals surface area contributed by atoms with Gasteiger partial charge in [-0.15, -0.1) is 0 Å². The molecule has 3 aromatic rings. The zero-order valence-corrected chi connectivity index (χ0v) is 87.8. The third-order valence-electron chi connectivity index (χ3n) is 21.3. The number of aryl methyl sites for hydroxylation is 1. The predicted octanol–water partition coefficient (Wildman–Crippen LogP) is 30.7. The van der Waals surface area contributed by atoms with Gasteiger partial charge in [0.25, 0.3) is 0 Å². The van der Waals surface area contributed by atoms with Gasteiger partial charge < -0.3 is 29.9 Å². The molecule has 1 aromatic heterocycles. The number of imidazole rings is 1. The standard InChI is InChI=1S/C11H21NO.C11H15NO.C10H14.C8H12O.C8H16.C7H12N2.C7H14.C7H16.C6H13N.C6H12.C6H14.C5H13N.C5H12.C4H9NO.C4H10.C3H8/c1-9(2)12(3)11(13)10-7-5-4-6-8-10;1-9(2)11(13)12(3)10-7-5-4-6-8-10;1-9(2)8-10-6-4-3-5-7-10;1-6(2)8(9)7-4-3-5-7;1-7(2)8-5-3-4-6-8;1-6(2)7-8-4-5-9(7)3;1-6(2)5-7-3-4-7;1-6(2)5-7(3)4;1-6(2)7-4-3-5-7;1-5(2)6-3-4-6;2*1-5(2)6(3)4;1-4-5(2)3;1-3(2)4(5)6;1-4(2)3;1-3-2/h9-10H,4-8H2,1-3H3;4-9H,1-3H3;3-7,9H,8H2,1-2H3;4,6H,3,5H2,1-2H3;7-8H,3-6H2,1-2H3;4-6H,1-3H3;6-7H,3-5H2,1-2H3;6-7H,5H2,1-4H3;6H,3-5H2,1-2H3;5-6H,3-4H2,1-2H3;5-6H,1-4H3;5H,1-4H3;5H,4H2,1-3H3;3H,1-2H3,(H2,5,6);4H,1-3H3;3H2,1-2H3. The zero-order valence-electron chi connectivity index (χ0n) is 87.8. The minimum atomic E-state index is -0.241.